The number of ether oxygens (including phenoxy) is 1. The van der Waals surface area contributed by atoms with Crippen molar-refractivity contribution in [1.82, 2.24) is 20.4 Å². The molecule has 0 fully saturated rings. The number of anilines is 1. The van der Waals surface area contributed by atoms with Crippen LogP contribution in [0, 0.1) is 0 Å². The van der Waals surface area contributed by atoms with Crippen LogP contribution >= 0.6 is 12.2 Å². The van der Waals surface area contributed by atoms with Crippen LogP contribution in [0.4, 0.5) is 5.69 Å². The second-order valence-corrected chi connectivity index (χ2v) is 7.23. The number of amides is 1. The molecule has 0 saturated carbocycles. The molecule has 0 aliphatic heterocycles. The standard InChI is InChI=1S/C23H21N5O2S/c1-28-20-10-6-5-9-19(20)25-21(28)15-22(29)26-27-23(31)24-16-11-13-18(14-12-16)30-17-7-3-2-4-8-17/h2-14H,15H2,1H3,(H,26,29)(H2,24,27,31). The van der Waals surface area contributed by atoms with Crippen molar-refractivity contribution < 1.29 is 9.53 Å². The van der Waals surface area contributed by atoms with E-state index in [0.717, 1.165) is 22.5 Å². The van der Waals surface area contributed by atoms with E-state index in [1.54, 1.807) is 0 Å². The Kier molecular flexibility index (Phi) is 6.09. The zero-order valence-corrected chi connectivity index (χ0v) is 17.6. The monoisotopic (exact) mass is 431 g/mol. The van der Waals surface area contributed by atoms with Gasteiger partial charge in [0.05, 0.1) is 17.5 Å². The van der Waals surface area contributed by atoms with Crippen LogP contribution in [-0.4, -0.2) is 20.6 Å². The summed E-state index contributed by atoms with van der Waals surface area (Å²) in [6.45, 7) is 0. The van der Waals surface area contributed by atoms with Gasteiger partial charge in [-0.2, -0.15) is 0 Å². The van der Waals surface area contributed by atoms with Gasteiger partial charge in [0.1, 0.15) is 17.3 Å². The summed E-state index contributed by atoms with van der Waals surface area (Å²) < 4.78 is 7.67. The van der Waals surface area contributed by atoms with Gasteiger partial charge in [0.25, 0.3) is 0 Å². The number of carbonyl (C=O) groups is 1. The normalized spacial score (nSPS) is 10.5. The fraction of sp³-hybridized carbons (Fsp3) is 0.0870. The molecule has 7 nitrogen and oxygen atoms in total. The van der Waals surface area contributed by atoms with Crippen LogP contribution in [0.15, 0.2) is 78.9 Å². The van der Waals surface area contributed by atoms with Gasteiger partial charge in [-0.3, -0.25) is 15.6 Å². The lowest BCUT2D eigenvalue weighted by Gasteiger charge is -2.12. The van der Waals surface area contributed by atoms with Crippen LogP contribution in [0.3, 0.4) is 0 Å². The zero-order chi connectivity index (χ0) is 21.6. The Labute approximate surface area is 185 Å². The fourth-order valence-corrected chi connectivity index (χ4v) is 3.23. The van der Waals surface area contributed by atoms with E-state index in [0.29, 0.717) is 11.6 Å². The number of nitrogens with zero attached hydrogens (tertiary/aromatic N) is 2. The van der Waals surface area contributed by atoms with Crippen molar-refractivity contribution in [2.75, 3.05) is 5.32 Å². The topological polar surface area (TPSA) is 80.2 Å². The van der Waals surface area contributed by atoms with Gasteiger partial charge >= 0.3 is 0 Å². The van der Waals surface area contributed by atoms with Crippen molar-refractivity contribution in [2.45, 2.75) is 6.42 Å². The number of hydrazine groups is 1. The molecule has 8 heteroatoms. The number of aryl methyl sites for hydroxylation is 1. The Hall–Kier alpha value is -3.91. The minimum Gasteiger partial charge on any atom is -0.457 e. The Bertz CT molecular complexity index is 1210. The van der Waals surface area contributed by atoms with E-state index in [-0.39, 0.29) is 17.4 Å². The number of aromatic nitrogens is 2. The highest BCUT2D eigenvalue weighted by Crippen LogP contribution is 2.22. The average Bonchev–Trinajstić information content (AvgIpc) is 3.10. The lowest BCUT2D eigenvalue weighted by molar-refractivity contribution is -0.121. The van der Waals surface area contributed by atoms with Gasteiger partial charge in [-0.1, -0.05) is 30.3 Å². The summed E-state index contributed by atoms with van der Waals surface area (Å²) in [4.78, 5) is 16.8. The highest BCUT2D eigenvalue weighted by molar-refractivity contribution is 7.80. The van der Waals surface area contributed by atoms with Crippen molar-refractivity contribution in [3.8, 4) is 11.5 Å². The molecule has 1 amide bonds. The van der Waals surface area contributed by atoms with E-state index < -0.39 is 0 Å². The van der Waals surface area contributed by atoms with E-state index in [1.807, 2.05) is 90.5 Å². The number of carbonyl (C=O) groups excluding carboxylic acids is 1. The van der Waals surface area contributed by atoms with Crippen LogP contribution in [-0.2, 0) is 18.3 Å². The first-order chi connectivity index (χ1) is 15.1. The van der Waals surface area contributed by atoms with E-state index >= 15 is 0 Å². The molecule has 1 heterocycles. The Morgan fingerprint density at radius 2 is 1.61 bits per heavy atom. The summed E-state index contributed by atoms with van der Waals surface area (Å²) in [6, 6.07) is 24.7. The maximum atomic E-state index is 12.3. The SMILES string of the molecule is Cn1c(CC(=O)NNC(=S)Nc2ccc(Oc3ccccc3)cc2)nc2ccccc21. The lowest BCUT2D eigenvalue weighted by atomic mass is 10.3. The third kappa shape index (κ3) is 5.18. The number of rotatable bonds is 5. The summed E-state index contributed by atoms with van der Waals surface area (Å²) in [7, 11) is 1.89. The minimum atomic E-state index is -0.242. The predicted octanol–water partition coefficient (Wildman–Crippen LogP) is 3.93. The van der Waals surface area contributed by atoms with E-state index in [4.69, 9.17) is 17.0 Å². The minimum absolute atomic E-state index is 0.131. The molecule has 4 aromatic rings. The van der Waals surface area contributed by atoms with Gasteiger partial charge in [0, 0.05) is 12.7 Å². The molecule has 156 valence electrons. The van der Waals surface area contributed by atoms with Crippen molar-refractivity contribution in [3.05, 3.63) is 84.7 Å². The average molecular weight is 432 g/mol. The van der Waals surface area contributed by atoms with Crippen molar-refractivity contribution in [3.63, 3.8) is 0 Å². The molecule has 0 bridgehead atoms. The second kappa shape index (κ2) is 9.27. The summed E-state index contributed by atoms with van der Waals surface area (Å²) in [5, 5.41) is 3.29. The smallest absolute Gasteiger partial charge is 0.245 e. The first kappa shape index (κ1) is 20.4. The van der Waals surface area contributed by atoms with E-state index in [9.17, 15) is 4.79 Å². The Morgan fingerprint density at radius 3 is 2.35 bits per heavy atom. The maximum absolute atomic E-state index is 12.3. The first-order valence-corrected chi connectivity index (χ1v) is 10.1. The molecule has 4 rings (SSSR count). The Morgan fingerprint density at radius 1 is 0.935 bits per heavy atom. The molecule has 0 saturated heterocycles. The van der Waals surface area contributed by atoms with E-state index in [1.165, 1.54) is 0 Å². The molecule has 3 N–H and O–H groups in total. The number of hydrogen-bond donors (Lipinski definition) is 3. The molecule has 1 aromatic heterocycles. The van der Waals surface area contributed by atoms with Gasteiger partial charge in [0.15, 0.2) is 5.11 Å². The largest absolute Gasteiger partial charge is 0.457 e. The van der Waals surface area contributed by atoms with Crippen molar-refractivity contribution >= 4 is 40.0 Å². The molecule has 31 heavy (non-hydrogen) atoms. The van der Waals surface area contributed by atoms with Crippen LogP contribution in [0.1, 0.15) is 5.82 Å². The number of fused-ring (bicyclic) bond motifs is 1. The summed E-state index contributed by atoms with van der Waals surface area (Å²) >= 11 is 5.25. The third-order valence-corrected chi connectivity index (χ3v) is 4.81. The van der Waals surface area contributed by atoms with Crippen molar-refractivity contribution in [1.29, 1.82) is 0 Å². The molecule has 0 aliphatic carbocycles. The summed E-state index contributed by atoms with van der Waals surface area (Å²) in [6.07, 6.45) is 0.131. The number of nitrogens with one attached hydrogen (secondary N) is 3. The van der Waals surface area contributed by atoms with Gasteiger partial charge in [-0.05, 0) is 60.7 Å². The number of benzene rings is 3. The lowest BCUT2D eigenvalue weighted by Crippen LogP contribution is -2.44. The molecule has 3 aromatic carbocycles. The Balaban J connectivity index is 1.26. The fourth-order valence-electron chi connectivity index (χ4n) is 3.06. The number of para-hydroxylation sites is 3. The second-order valence-electron chi connectivity index (χ2n) is 6.82. The molecule has 0 aliphatic rings. The van der Waals surface area contributed by atoms with Gasteiger partial charge < -0.3 is 14.6 Å². The molecular formula is C23H21N5O2S. The first-order valence-electron chi connectivity index (χ1n) is 9.67. The van der Waals surface area contributed by atoms with Crippen LogP contribution in [0.5, 0.6) is 11.5 Å². The summed E-state index contributed by atoms with van der Waals surface area (Å²) in [5.74, 6) is 1.91. The number of hydrogen-bond acceptors (Lipinski definition) is 4. The molecule has 0 radical (unpaired) electrons. The molecule has 0 unspecified atom stereocenters. The van der Waals surface area contributed by atoms with Crippen LogP contribution in [0.2, 0.25) is 0 Å². The van der Waals surface area contributed by atoms with Crippen molar-refractivity contribution in [2.24, 2.45) is 7.05 Å². The van der Waals surface area contributed by atoms with E-state index in [2.05, 4.69) is 21.2 Å². The van der Waals surface area contributed by atoms with Crippen LogP contribution < -0.4 is 20.9 Å². The summed E-state index contributed by atoms with van der Waals surface area (Å²) in [5.41, 5.74) is 7.91. The molecule has 0 atom stereocenters. The van der Waals surface area contributed by atoms with Gasteiger partial charge in [-0.15, -0.1) is 0 Å². The van der Waals surface area contributed by atoms with Crippen LogP contribution in [0.25, 0.3) is 11.0 Å². The number of thiocarbonyl (C=S) groups is 1. The third-order valence-electron chi connectivity index (χ3n) is 4.60. The molecule has 0 spiro atoms. The zero-order valence-electron chi connectivity index (χ0n) is 16.8. The quantitative estimate of drug-likeness (QED) is 0.328. The highest BCUT2D eigenvalue weighted by atomic mass is 32.1. The predicted molar refractivity (Wildman–Crippen MR) is 125 cm³/mol. The molecular weight excluding hydrogens is 410 g/mol. The highest BCUT2D eigenvalue weighted by Gasteiger charge is 2.11. The van der Waals surface area contributed by atoms with Gasteiger partial charge in [0.2, 0.25) is 5.91 Å². The number of imidazole rings is 1. The van der Waals surface area contributed by atoms with Gasteiger partial charge in [-0.25, -0.2) is 4.98 Å². The maximum Gasteiger partial charge on any atom is 0.245 e.